The van der Waals surface area contributed by atoms with Crippen LogP contribution < -0.4 is 5.73 Å². The molecule has 0 radical (unpaired) electrons. The van der Waals surface area contributed by atoms with Gasteiger partial charge in [0, 0.05) is 5.41 Å². The molecule has 70 valence electrons. The van der Waals surface area contributed by atoms with E-state index in [1.165, 1.54) is 6.20 Å². The van der Waals surface area contributed by atoms with Gasteiger partial charge in [-0.25, -0.2) is 0 Å². The molecule has 2 N–H and O–H groups in total. The number of rotatable bonds is 1. The second-order valence-electron chi connectivity index (χ2n) is 4.06. The van der Waals surface area contributed by atoms with Crippen LogP contribution in [0.2, 0.25) is 0 Å². The zero-order chi connectivity index (χ0) is 10.1. The minimum Gasteiger partial charge on any atom is -0.397 e. The topological polar surface area (TPSA) is 56.0 Å². The van der Waals surface area contributed by atoms with Gasteiger partial charge in [-0.3, -0.25) is 9.78 Å². The fraction of sp³-hybridized carbons (Fsp3) is 0.400. The molecule has 1 rings (SSSR count). The van der Waals surface area contributed by atoms with Crippen LogP contribution in [-0.4, -0.2) is 10.8 Å². The number of nitrogens with zero attached hydrogens (tertiary/aromatic N) is 1. The summed E-state index contributed by atoms with van der Waals surface area (Å²) in [6.45, 7) is 5.61. The molecular formula is C10H14N2O. The van der Waals surface area contributed by atoms with Crippen LogP contribution in [-0.2, 0) is 0 Å². The Hall–Kier alpha value is -1.38. The van der Waals surface area contributed by atoms with Crippen molar-refractivity contribution in [3.8, 4) is 0 Å². The highest BCUT2D eigenvalue weighted by Gasteiger charge is 2.23. The van der Waals surface area contributed by atoms with Crippen LogP contribution in [0, 0.1) is 5.41 Å². The molecule has 0 spiro atoms. The van der Waals surface area contributed by atoms with Crippen molar-refractivity contribution in [3.05, 3.63) is 24.0 Å². The summed E-state index contributed by atoms with van der Waals surface area (Å²) in [6, 6.07) is 3.34. The van der Waals surface area contributed by atoms with Crippen molar-refractivity contribution in [1.82, 2.24) is 4.98 Å². The van der Waals surface area contributed by atoms with Gasteiger partial charge in [0.1, 0.15) is 5.69 Å². The Morgan fingerprint density at radius 1 is 1.38 bits per heavy atom. The molecule has 0 saturated heterocycles. The molecule has 1 aromatic rings. The van der Waals surface area contributed by atoms with Gasteiger partial charge in [0.05, 0.1) is 11.9 Å². The van der Waals surface area contributed by atoms with E-state index in [4.69, 9.17) is 5.73 Å². The number of ketones is 1. The third kappa shape index (κ3) is 2.28. The molecule has 0 aliphatic rings. The van der Waals surface area contributed by atoms with E-state index >= 15 is 0 Å². The second-order valence-corrected chi connectivity index (χ2v) is 4.06. The van der Waals surface area contributed by atoms with Crippen molar-refractivity contribution < 1.29 is 4.79 Å². The smallest absolute Gasteiger partial charge is 0.186 e. The van der Waals surface area contributed by atoms with Gasteiger partial charge in [-0.2, -0.15) is 0 Å². The molecule has 0 aliphatic heterocycles. The van der Waals surface area contributed by atoms with Crippen LogP contribution in [0.1, 0.15) is 31.3 Å². The number of hydrogen-bond donors (Lipinski definition) is 1. The highest BCUT2D eigenvalue weighted by Crippen LogP contribution is 2.19. The Kier molecular flexibility index (Phi) is 2.36. The molecule has 3 nitrogen and oxygen atoms in total. The first-order valence-corrected chi connectivity index (χ1v) is 4.17. The first kappa shape index (κ1) is 9.71. The van der Waals surface area contributed by atoms with Gasteiger partial charge in [0.25, 0.3) is 0 Å². The molecule has 0 unspecified atom stereocenters. The summed E-state index contributed by atoms with van der Waals surface area (Å²) < 4.78 is 0. The maximum atomic E-state index is 11.7. The van der Waals surface area contributed by atoms with Crippen molar-refractivity contribution in [3.63, 3.8) is 0 Å². The quantitative estimate of drug-likeness (QED) is 0.668. The number of nitrogen functional groups attached to an aromatic ring is 1. The molecule has 0 fully saturated rings. The van der Waals surface area contributed by atoms with Crippen LogP contribution in [0.4, 0.5) is 5.69 Å². The Bertz CT molecular complexity index is 309. The summed E-state index contributed by atoms with van der Waals surface area (Å²) in [5.41, 5.74) is 6.12. The fourth-order valence-electron chi connectivity index (χ4n) is 0.924. The van der Waals surface area contributed by atoms with Crippen molar-refractivity contribution in [2.75, 3.05) is 5.73 Å². The Morgan fingerprint density at radius 2 is 2.00 bits per heavy atom. The average molecular weight is 178 g/mol. The van der Waals surface area contributed by atoms with Crippen LogP contribution in [0.15, 0.2) is 18.3 Å². The summed E-state index contributed by atoms with van der Waals surface area (Å²) in [6.07, 6.45) is 1.50. The third-order valence-corrected chi connectivity index (χ3v) is 1.70. The highest BCUT2D eigenvalue weighted by molar-refractivity contribution is 5.98. The minimum absolute atomic E-state index is 0.0347. The third-order valence-electron chi connectivity index (χ3n) is 1.70. The van der Waals surface area contributed by atoms with E-state index in [0.717, 1.165) is 0 Å². The van der Waals surface area contributed by atoms with E-state index in [1.807, 2.05) is 20.8 Å². The molecule has 0 atom stereocenters. The van der Waals surface area contributed by atoms with E-state index in [-0.39, 0.29) is 11.2 Å². The molecule has 0 saturated carbocycles. The molecule has 0 aromatic carbocycles. The van der Waals surface area contributed by atoms with E-state index in [0.29, 0.717) is 11.4 Å². The number of nitrogens with two attached hydrogens (primary N) is 1. The van der Waals surface area contributed by atoms with E-state index in [9.17, 15) is 4.79 Å². The molecule has 3 heteroatoms. The molecule has 0 amide bonds. The van der Waals surface area contributed by atoms with Gasteiger partial charge in [-0.1, -0.05) is 20.8 Å². The van der Waals surface area contributed by atoms with Gasteiger partial charge >= 0.3 is 0 Å². The Labute approximate surface area is 78.0 Å². The molecule has 1 aromatic heterocycles. The SMILES string of the molecule is CC(C)(C)C(=O)c1ccc(N)cn1. The lowest BCUT2D eigenvalue weighted by Crippen LogP contribution is -2.21. The van der Waals surface area contributed by atoms with Crippen LogP contribution in [0.5, 0.6) is 0 Å². The molecule has 0 bridgehead atoms. The predicted molar refractivity (Wildman–Crippen MR) is 52.4 cm³/mol. The van der Waals surface area contributed by atoms with Gasteiger partial charge in [-0.05, 0) is 12.1 Å². The number of hydrogen-bond acceptors (Lipinski definition) is 3. The summed E-state index contributed by atoms with van der Waals surface area (Å²) >= 11 is 0. The monoisotopic (exact) mass is 178 g/mol. The lowest BCUT2D eigenvalue weighted by atomic mass is 9.89. The first-order valence-electron chi connectivity index (χ1n) is 4.17. The van der Waals surface area contributed by atoms with Gasteiger partial charge < -0.3 is 5.73 Å². The van der Waals surface area contributed by atoms with Crippen molar-refractivity contribution in [2.45, 2.75) is 20.8 Å². The summed E-state index contributed by atoms with van der Waals surface area (Å²) in [5.74, 6) is 0.0347. The van der Waals surface area contributed by atoms with Crippen LogP contribution in [0.25, 0.3) is 0 Å². The molecular weight excluding hydrogens is 164 g/mol. The fourth-order valence-corrected chi connectivity index (χ4v) is 0.924. The summed E-state index contributed by atoms with van der Waals surface area (Å²) in [7, 11) is 0. The summed E-state index contributed by atoms with van der Waals surface area (Å²) in [4.78, 5) is 15.6. The first-order chi connectivity index (χ1) is 5.91. The van der Waals surface area contributed by atoms with Gasteiger partial charge in [-0.15, -0.1) is 0 Å². The number of aromatic nitrogens is 1. The Balaban J connectivity index is 2.97. The second kappa shape index (κ2) is 3.17. The van der Waals surface area contributed by atoms with Crippen LogP contribution >= 0.6 is 0 Å². The lowest BCUT2D eigenvalue weighted by molar-refractivity contribution is 0.0853. The van der Waals surface area contributed by atoms with Crippen molar-refractivity contribution in [2.24, 2.45) is 5.41 Å². The number of anilines is 1. The van der Waals surface area contributed by atoms with E-state index < -0.39 is 0 Å². The molecule has 13 heavy (non-hydrogen) atoms. The number of carbonyl (C=O) groups excluding carboxylic acids is 1. The number of carbonyl (C=O) groups is 1. The predicted octanol–water partition coefficient (Wildman–Crippen LogP) is 1.89. The summed E-state index contributed by atoms with van der Waals surface area (Å²) in [5, 5.41) is 0. The average Bonchev–Trinajstić information content (AvgIpc) is 2.03. The van der Waals surface area contributed by atoms with Crippen molar-refractivity contribution >= 4 is 11.5 Å². The van der Waals surface area contributed by atoms with Crippen molar-refractivity contribution in [1.29, 1.82) is 0 Å². The lowest BCUT2D eigenvalue weighted by Gasteiger charge is -2.15. The van der Waals surface area contributed by atoms with Gasteiger partial charge in [0.2, 0.25) is 0 Å². The zero-order valence-electron chi connectivity index (χ0n) is 8.16. The normalized spacial score (nSPS) is 11.3. The minimum atomic E-state index is -0.386. The molecule has 1 heterocycles. The molecule has 0 aliphatic carbocycles. The van der Waals surface area contributed by atoms with E-state index in [1.54, 1.807) is 12.1 Å². The maximum Gasteiger partial charge on any atom is 0.186 e. The number of pyridine rings is 1. The zero-order valence-corrected chi connectivity index (χ0v) is 8.16. The standard InChI is InChI=1S/C10H14N2O/c1-10(2,3)9(13)8-5-4-7(11)6-12-8/h4-6H,11H2,1-3H3. The highest BCUT2D eigenvalue weighted by atomic mass is 16.1. The van der Waals surface area contributed by atoms with E-state index in [2.05, 4.69) is 4.98 Å². The maximum absolute atomic E-state index is 11.7. The largest absolute Gasteiger partial charge is 0.397 e. The van der Waals surface area contributed by atoms with Crippen LogP contribution in [0.3, 0.4) is 0 Å². The van der Waals surface area contributed by atoms with Gasteiger partial charge in [0.15, 0.2) is 5.78 Å². The Morgan fingerprint density at radius 3 is 2.38 bits per heavy atom. The number of Topliss-reactive ketones (excluding diaryl/α,β-unsaturated/α-hetero) is 1.